The molecule has 0 amide bonds. The van der Waals surface area contributed by atoms with Gasteiger partial charge < -0.3 is 5.11 Å². The summed E-state index contributed by atoms with van der Waals surface area (Å²) in [6.45, 7) is 3.90. The maximum absolute atomic E-state index is 11.2. The predicted molar refractivity (Wildman–Crippen MR) is 49.7 cm³/mol. The fourth-order valence-electron chi connectivity index (χ4n) is 2.07. The van der Waals surface area contributed by atoms with E-state index in [0.29, 0.717) is 12.1 Å². The van der Waals surface area contributed by atoms with Gasteiger partial charge in [-0.3, -0.25) is 4.79 Å². The topological polar surface area (TPSA) is 63.1 Å². The molecular weight excluding hydrogens is 180 g/mol. The quantitative estimate of drug-likeness (QED) is 0.765. The summed E-state index contributed by atoms with van der Waals surface area (Å²) >= 11 is 0. The summed E-state index contributed by atoms with van der Waals surface area (Å²) in [6.07, 6.45) is 3.63. The van der Waals surface area contributed by atoms with Gasteiger partial charge in [0.25, 0.3) is 0 Å². The minimum absolute atomic E-state index is 0.201. The lowest BCUT2D eigenvalue weighted by Gasteiger charge is -2.14. The Morgan fingerprint density at radius 2 is 2.21 bits per heavy atom. The predicted octanol–water partition coefficient (Wildman–Crippen LogP) is 1.23. The highest BCUT2D eigenvalue weighted by Gasteiger charge is 2.68. The van der Waals surface area contributed by atoms with Crippen molar-refractivity contribution in [2.24, 2.45) is 5.41 Å². The third-order valence-electron chi connectivity index (χ3n) is 3.12. The fraction of sp³-hybridized carbons (Fsp3) is 0.500. The molecule has 1 fully saturated rings. The average molecular weight is 192 g/mol. The fourth-order valence-corrected chi connectivity index (χ4v) is 2.07. The largest absolute Gasteiger partial charge is 0.481 e. The maximum Gasteiger partial charge on any atom is 0.316 e. The van der Waals surface area contributed by atoms with E-state index in [4.69, 9.17) is 0 Å². The van der Waals surface area contributed by atoms with Crippen molar-refractivity contribution in [3.63, 3.8) is 0 Å². The third-order valence-corrected chi connectivity index (χ3v) is 3.12. The Kier molecular flexibility index (Phi) is 1.65. The number of nitrogens with zero attached hydrogens (tertiary/aromatic N) is 2. The molecule has 1 unspecified atom stereocenters. The molecule has 1 aromatic rings. The molecule has 0 bridgehead atoms. The van der Waals surface area contributed by atoms with Crippen LogP contribution in [0, 0.1) is 5.41 Å². The number of carbonyl (C=O) groups is 1. The van der Waals surface area contributed by atoms with Crippen molar-refractivity contribution in [1.82, 2.24) is 9.97 Å². The zero-order chi connectivity index (χ0) is 10.4. The SMILES string of the molecule is CC1(C)CC1(C(=O)O)c1ccncn1. The third kappa shape index (κ3) is 0.967. The maximum atomic E-state index is 11.2. The van der Waals surface area contributed by atoms with Crippen LogP contribution in [0.1, 0.15) is 26.0 Å². The number of carboxylic acids is 1. The van der Waals surface area contributed by atoms with E-state index in [1.807, 2.05) is 13.8 Å². The molecule has 0 spiro atoms. The van der Waals surface area contributed by atoms with Gasteiger partial charge in [-0.2, -0.15) is 0 Å². The normalized spacial score (nSPS) is 28.4. The van der Waals surface area contributed by atoms with Crippen molar-refractivity contribution in [2.45, 2.75) is 25.7 Å². The van der Waals surface area contributed by atoms with Crippen molar-refractivity contribution in [1.29, 1.82) is 0 Å². The zero-order valence-corrected chi connectivity index (χ0v) is 8.19. The Labute approximate surface area is 82.0 Å². The molecule has 14 heavy (non-hydrogen) atoms. The molecule has 0 aromatic carbocycles. The Bertz CT molecular complexity index is 375. The van der Waals surface area contributed by atoms with Crippen LogP contribution in [0.5, 0.6) is 0 Å². The summed E-state index contributed by atoms with van der Waals surface area (Å²) in [5.41, 5.74) is -0.381. The molecule has 1 saturated carbocycles. The number of aliphatic carboxylic acids is 1. The van der Waals surface area contributed by atoms with Crippen molar-refractivity contribution < 1.29 is 9.90 Å². The van der Waals surface area contributed by atoms with Gasteiger partial charge in [0.05, 0.1) is 5.69 Å². The molecule has 1 aromatic heterocycles. The van der Waals surface area contributed by atoms with Crippen molar-refractivity contribution in [3.05, 3.63) is 24.3 Å². The lowest BCUT2D eigenvalue weighted by molar-refractivity contribution is -0.141. The molecule has 1 aliphatic rings. The highest BCUT2D eigenvalue weighted by atomic mass is 16.4. The van der Waals surface area contributed by atoms with Gasteiger partial charge in [-0.25, -0.2) is 9.97 Å². The molecule has 4 nitrogen and oxygen atoms in total. The molecule has 1 atom stereocenters. The van der Waals surface area contributed by atoms with E-state index in [2.05, 4.69) is 9.97 Å². The van der Waals surface area contributed by atoms with Crippen LogP contribution >= 0.6 is 0 Å². The van der Waals surface area contributed by atoms with E-state index in [1.165, 1.54) is 6.33 Å². The van der Waals surface area contributed by atoms with Crippen LogP contribution in [-0.4, -0.2) is 21.0 Å². The van der Waals surface area contributed by atoms with Crippen LogP contribution in [-0.2, 0) is 10.2 Å². The smallest absolute Gasteiger partial charge is 0.316 e. The van der Waals surface area contributed by atoms with Crippen molar-refractivity contribution in [3.8, 4) is 0 Å². The molecule has 4 heteroatoms. The molecule has 74 valence electrons. The molecule has 0 aliphatic heterocycles. The monoisotopic (exact) mass is 192 g/mol. The van der Waals surface area contributed by atoms with E-state index < -0.39 is 11.4 Å². The van der Waals surface area contributed by atoms with Crippen LogP contribution < -0.4 is 0 Å². The second kappa shape index (κ2) is 2.53. The lowest BCUT2D eigenvalue weighted by atomic mass is 9.92. The number of rotatable bonds is 2. The van der Waals surface area contributed by atoms with Crippen molar-refractivity contribution >= 4 is 5.97 Å². The van der Waals surface area contributed by atoms with Gasteiger partial charge in [-0.15, -0.1) is 0 Å². The molecule has 1 N–H and O–H groups in total. The van der Waals surface area contributed by atoms with Crippen LogP contribution in [0.2, 0.25) is 0 Å². The summed E-state index contributed by atoms with van der Waals surface area (Å²) in [4.78, 5) is 19.1. The van der Waals surface area contributed by atoms with Crippen LogP contribution in [0.15, 0.2) is 18.6 Å². The van der Waals surface area contributed by atoms with E-state index in [9.17, 15) is 9.90 Å². The zero-order valence-electron chi connectivity index (χ0n) is 8.19. The number of aromatic nitrogens is 2. The van der Waals surface area contributed by atoms with E-state index >= 15 is 0 Å². The first kappa shape index (κ1) is 9.12. The van der Waals surface area contributed by atoms with Gasteiger partial charge in [0.15, 0.2) is 0 Å². The van der Waals surface area contributed by atoms with Gasteiger partial charge in [0.2, 0.25) is 0 Å². The van der Waals surface area contributed by atoms with Crippen LogP contribution in [0.4, 0.5) is 0 Å². The molecule has 0 radical (unpaired) electrons. The van der Waals surface area contributed by atoms with Crippen molar-refractivity contribution in [2.75, 3.05) is 0 Å². The van der Waals surface area contributed by atoms with Gasteiger partial charge in [-0.05, 0) is 17.9 Å². The summed E-state index contributed by atoms with van der Waals surface area (Å²) in [7, 11) is 0. The standard InChI is InChI=1S/C10H12N2O2/c1-9(2)5-10(9,8(13)14)7-3-4-11-6-12-7/h3-4,6H,5H2,1-2H3,(H,13,14). The lowest BCUT2D eigenvalue weighted by Crippen LogP contribution is -2.26. The van der Waals surface area contributed by atoms with Crippen LogP contribution in [0.25, 0.3) is 0 Å². The minimum atomic E-state index is -0.796. The molecule has 2 rings (SSSR count). The van der Waals surface area contributed by atoms with Crippen LogP contribution in [0.3, 0.4) is 0 Å². The van der Waals surface area contributed by atoms with E-state index in [-0.39, 0.29) is 5.41 Å². The summed E-state index contributed by atoms with van der Waals surface area (Å²) < 4.78 is 0. The summed E-state index contributed by atoms with van der Waals surface area (Å²) in [6, 6.07) is 1.68. The Hall–Kier alpha value is -1.45. The first-order valence-corrected chi connectivity index (χ1v) is 4.51. The first-order chi connectivity index (χ1) is 6.51. The van der Waals surface area contributed by atoms with E-state index in [1.54, 1.807) is 12.3 Å². The number of carboxylic acid groups (broad SMARTS) is 1. The molecule has 1 heterocycles. The highest BCUT2D eigenvalue weighted by Crippen LogP contribution is 2.63. The van der Waals surface area contributed by atoms with Gasteiger partial charge in [-0.1, -0.05) is 13.8 Å². The second-order valence-electron chi connectivity index (χ2n) is 4.37. The minimum Gasteiger partial charge on any atom is -0.481 e. The molecule has 0 saturated heterocycles. The summed E-state index contributed by atoms with van der Waals surface area (Å²) in [5.74, 6) is -0.791. The Morgan fingerprint density at radius 1 is 1.57 bits per heavy atom. The van der Waals surface area contributed by atoms with Gasteiger partial charge in [0, 0.05) is 6.20 Å². The van der Waals surface area contributed by atoms with Gasteiger partial charge >= 0.3 is 5.97 Å². The Balaban J connectivity index is 2.47. The van der Waals surface area contributed by atoms with Gasteiger partial charge in [0.1, 0.15) is 11.7 Å². The number of hydrogen-bond acceptors (Lipinski definition) is 3. The number of hydrogen-bond donors (Lipinski definition) is 1. The second-order valence-corrected chi connectivity index (χ2v) is 4.37. The van der Waals surface area contributed by atoms with E-state index in [0.717, 1.165) is 0 Å². The Morgan fingerprint density at radius 3 is 2.57 bits per heavy atom. The molecule has 1 aliphatic carbocycles. The highest BCUT2D eigenvalue weighted by molar-refractivity contribution is 5.86. The first-order valence-electron chi connectivity index (χ1n) is 4.51. The average Bonchev–Trinajstić information content (AvgIpc) is 2.72. The summed E-state index contributed by atoms with van der Waals surface area (Å²) in [5, 5.41) is 9.23. The molecular formula is C10H12N2O2.